The Kier molecular flexibility index (Phi) is 60.4. The molecule has 0 radical (unpaired) electrons. The summed E-state index contributed by atoms with van der Waals surface area (Å²) in [5.41, 5.74) is 5.38. The van der Waals surface area contributed by atoms with E-state index in [0.29, 0.717) is 38.5 Å². The second kappa shape index (κ2) is 67.8. The SMILES string of the molecule is NC(=O)[C@H](CCCCNC(=O)CC[C@H](CC(=O)COCCOCCNC(=O)CC[C@H](CC(=O)COCCOCCNC(=O)CC[C@H](CC(=O)COCCOCCNC(=O)CC[C@H](NC(=O)CC[C@H](CC(=O)CCCCCCCCCCCCCCCCC(=O)O)C(=O)O)C(=O)O)C(=O)O)C(=O)O)C(=O)O)NCC(=O)C1(NC(=O)CCc2cnc[nH]2)CCC1. The van der Waals surface area contributed by atoms with Crippen LogP contribution in [-0.4, -0.2) is 276 Å². The first-order valence-corrected chi connectivity index (χ1v) is 43.0. The van der Waals surface area contributed by atoms with Crippen LogP contribution in [0.2, 0.25) is 0 Å². The summed E-state index contributed by atoms with van der Waals surface area (Å²) in [6.45, 7) is -1.28. The number of ether oxygens (including phenoxy) is 6. The number of amides is 7. The number of nitrogens with two attached hydrogens (primary N) is 1. The van der Waals surface area contributed by atoms with Gasteiger partial charge in [-0.3, -0.25) is 86.8 Å². The lowest BCUT2D eigenvalue weighted by Gasteiger charge is -2.41. The molecule has 0 unspecified atom stereocenters. The maximum absolute atomic E-state index is 13.2. The Morgan fingerprint density at radius 1 is 0.382 bits per heavy atom. The largest absolute Gasteiger partial charge is 0.481 e. The zero-order valence-electron chi connectivity index (χ0n) is 71.0. The highest BCUT2D eigenvalue weighted by Gasteiger charge is 2.45. The van der Waals surface area contributed by atoms with E-state index < -0.39 is 163 Å². The van der Waals surface area contributed by atoms with Crippen LogP contribution in [0.5, 0.6) is 0 Å². The normalized spacial score (nSPS) is 13.6. The van der Waals surface area contributed by atoms with Gasteiger partial charge >= 0.3 is 35.8 Å². The van der Waals surface area contributed by atoms with Crippen LogP contribution in [0, 0.1) is 23.7 Å². The fraction of sp³-hybridized carbons (Fsp3) is 0.747. The molecule has 123 heavy (non-hydrogen) atoms. The molecule has 0 aromatic carbocycles. The van der Waals surface area contributed by atoms with Gasteiger partial charge in [0, 0.05) is 115 Å². The number of carbonyl (C=O) groups is 18. The number of nitrogens with zero attached hydrogens (tertiary/aromatic N) is 1. The van der Waals surface area contributed by atoms with E-state index in [1.54, 1.807) is 6.20 Å². The van der Waals surface area contributed by atoms with Crippen LogP contribution in [0.15, 0.2) is 12.5 Å². The van der Waals surface area contributed by atoms with Gasteiger partial charge in [0.15, 0.2) is 23.1 Å². The number of hydrogen-bond acceptors (Lipinski definition) is 26. The lowest BCUT2D eigenvalue weighted by atomic mass is 9.73. The summed E-state index contributed by atoms with van der Waals surface area (Å²) in [7, 11) is 0. The Hall–Kier alpha value is -9.61. The zero-order valence-corrected chi connectivity index (χ0v) is 71.0. The number of rotatable bonds is 84. The van der Waals surface area contributed by atoms with Crippen LogP contribution in [0.3, 0.4) is 0 Å². The average Bonchev–Trinajstić information content (AvgIpc) is 1.77. The first kappa shape index (κ1) is 109. The van der Waals surface area contributed by atoms with Gasteiger partial charge in [0.25, 0.3) is 0 Å². The molecule has 7 amide bonds. The predicted molar refractivity (Wildman–Crippen MR) is 439 cm³/mol. The molecule has 696 valence electrons. The molecule has 2 rings (SSSR count). The number of aliphatic carboxylic acids is 6. The quantitative estimate of drug-likeness (QED) is 0.0415. The standard InChI is InChI=1S/C83H134N10O30/c84-77(107)67(90-53-69(98)83(33-17-34-83)93-75(104)31-25-62-52-85-57-91-62)19-15-16-35-86-70(99)27-21-59(79(110)111)49-64(95)54-121-45-42-118-39-36-87-71(100)28-22-60(80(112)113)50-65(96)55-122-46-43-119-40-37-88-72(101)29-23-61(81(114)115)51-66(97)56-123-47-44-120-41-38-89-73(102)32-26-68(82(116)117)92-74(103)30-24-58(78(108)109)48-63(94)18-13-11-9-7-5-3-1-2-4-6-8-10-12-14-20-76(105)106/h52,57-61,67-68,90H,1-51,53-56H2,(H2,84,107)(H,85,91)(H,86,99)(H,87,100)(H,88,101)(H,89,102)(H,92,103)(H,93,104)(H,105,106)(H,108,109)(H,110,111)(H,112,113)(H,114,115)(H,116,117)/t58-,59-,60-,61-,67+,68+/m1/s1. The third-order valence-corrected chi connectivity index (χ3v) is 20.6. The van der Waals surface area contributed by atoms with E-state index in [2.05, 4.69) is 47.2 Å². The molecule has 0 spiro atoms. The summed E-state index contributed by atoms with van der Waals surface area (Å²) in [5.74, 6) is -17.6. The van der Waals surface area contributed by atoms with Gasteiger partial charge in [-0.2, -0.15) is 0 Å². The van der Waals surface area contributed by atoms with Crippen molar-refractivity contribution in [3.63, 3.8) is 0 Å². The molecule has 0 saturated heterocycles. The lowest BCUT2D eigenvalue weighted by Crippen LogP contribution is -2.62. The topological polar surface area (TPSA) is 623 Å². The molecule has 1 aromatic heterocycles. The highest BCUT2D eigenvalue weighted by atomic mass is 16.5. The monoisotopic (exact) mass is 1750 g/mol. The van der Waals surface area contributed by atoms with Crippen LogP contribution < -0.4 is 43.0 Å². The maximum atomic E-state index is 13.2. The lowest BCUT2D eigenvalue weighted by molar-refractivity contribution is -0.145. The van der Waals surface area contributed by atoms with E-state index in [-0.39, 0.29) is 212 Å². The number of Topliss-reactive ketones (excluding diaryl/α,β-unsaturated/α-hetero) is 5. The van der Waals surface area contributed by atoms with Crippen molar-refractivity contribution >= 4 is 106 Å². The van der Waals surface area contributed by atoms with Crippen LogP contribution in [0.4, 0.5) is 0 Å². The van der Waals surface area contributed by atoms with Gasteiger partial charge in [0.1, 0.15) is 31.6 Å². The number of ketones is 5. The smallest absolute Gasteiger partial charge is 0.326 e. The van der Waals surface area contributed by atoms with Crippen molar-refractivity contribution in [1.82, 2.24) is 47.2 Å². The van der Waals surface area contributed by atoms with Gasteiger partial charge in [0.2, 0.25) is 41.4 Å². The Labute approximate surface area is 717 Å². The molecule has 1 aliphatic rings. The number of unbranched alkanes of at least 4 members (excludes halogenated alkanes) is 14. The fourth-order valence-corrected chi connectivity index (χ4v) is 13.2. The highest BCUT2D eigenvalue weighted by Crippen LogP contribution is 2.33. The number of nitrogens with one attached hydrogen (secondary N) is 8. The highest BCUT2D eigenvalue weighted by molar-refractivity contribution is 5.96. The molecule has 0 bridgehead atoms. The predicted octanol–water partition coefficient (Wildman–Crippen LogP) is 3.57. The van der Waals surface area contributed by atoms with Crippen molar-refractivity contribution in [2.45, 2.75) is 262 Å². The van der Waals surface area contributed by atoms with E-state index >= 15 is 0 Å². The summed E-state index contributed by atoms with van der Waals surface area (Å²) in [4.78, 5) is 228. The minimum Gasteiger partial charge on any atom is -0.481 e. The number of aromatic amines is 1. The molecule has 40 nitrogen and oxygen atoms in total. The summed E-state index contributed by atoms with van der Waals surface area (Å²) in [5, 5.41) is 75.6. The van der Waals surface area contributed by atoms with E-state index in [9.17, 15) is 112 Å². The number of primary amides is 1. The summed E-state index contributed by atoms with van der Waals surface area (Å²) in [6, 6.07) is -2.28. The van der Waals surface area contributed by atoms with Crippen molar-refractivity contribution in [3.05, 3.63) is 18.2 Å². The summed E-state index contributed by atoms with van der Waals surface area (Å²) >= 11 is 0. The number of carboxylic acid groups (broad SMARTS) is 6. The van der Waals surface area contributed by atoms with E-state index in [1.165, 1.54) is 25.6 Å². The second-order valence-electron chi connectivity index (χ2n) is 30.8. The van der Waals surface area contributed by atoms with Gasteiger partial charge in [-0.15, -0.1) is 0 Å². The van der Waals surface area contributed by atoms with Crippen LogP contribution in [0.25, 0.3) is 0 Å². The van der Waals surface area contributed by atoms with Gasteiger partial charge in [0.05, 0.1) is 108 Å². The summed E-state index contributed by atoms with van der Waals surface area (Å²) < 4.78 is 32.1. The average molecular weight is 1750 g/mol. The number of H-pyrrole nitrogens is 1. The second-order valence-corrected chi connectivity index (χ2v) is 30.8. The molecule has 1 aliphatic carbocycles. The minimum absolute atomic E-state index is 0.00288. The van der Waals surface area contributed by atoms with E-state index in [0.717, 1.165) is 76.3 Å². The first-order valence-electron chi connectivity index (χ1n) is 43.0. The zero-order chi connectivity index (χ0) is 90.8. The van der Waals surface area contributed by atoms with Crippen LogP contribution >= 0.6 is 0 Å². The van der Waals surface area contributed by atoms with Crippen LogP contribution in [-0.2, 0) is 121 Å². The Morgan fingerprint density at radius 2 is 0.756 bits per heavy atom. The molecule has 1 saturated carbocycles. The first-order chi connectivity index (χ1) is 58.9. The third-order valence-electron chi connectivity index (χ3n) is 20.6. The molecule has 1 fully saturated rings. The van der Waals surface area contributed by atoms with Crippen molar-refractivity contribution in [3.8, 4) is 0 Å². The summed E-state index contributed by atoms with van der Waals surface area (Å²) in [6.07, 6.45) is 17.8. The molecule has 40 heteroatoms. The molecule has 6 atom stereocenters. The van der Waals surface area contributed by atoms with Crippen molar-refractivity contribution < 1.29 is 145 Å². The van der Waals surface area contributed by atoms with Gasteiger partial charge in [-0.25, -0.2) is 9.78 Å². The molecule has 0 aliphatic heterocycles. The van der Waals surface area contributed by atoms with Gasteiger partial charge in [-0.05, 0) is 89.9 Å². The Morgan fingerprint density at radius 3 is 1.12 bits per heavy atom. The number of aryl methyl sites for hydroxylation is 1. The van der Waals surface area contributed by atoms with E-state index in [1.807, 2.05) is 0 Å². The molecule has 1 heterocycles. The Bertz CT molecular complexity index is 3390. The van der Waals surface area contributed by atoms with Crippen LogP contribution in [0.1, 0.15) is 243 Å². The number of hydrogen-bond donors (Lipinski definition) is 15. The molecule has 1 aromatic rings. The maximum Gasteiger partial charge on any atom is 0.326 e. The molecular formula is C83H134N10O30. The van der Waals surface area contributed by atoms with Gasteiger partial charge in [-0.1, -0.05) is 77.0 Å². The van der Waals surface area contributed by atoms with Crippen molar-refractivity contribution in [2.24, 2.45) is 29.4 Å². The minimum atomic E-state index is -1.44. The molecule has 16 N–H and O–H groups in total. The Balaban J connectivity index is 1.46. The van der Waals surface area contributed by atoms with Crippen molar-refractivity contribution in [1.29, 1.82) is 0 Å². The van der Waals surface area contributed by atoms with Crippen molar-refractivity contribution in [2.75, 3.05) is 112 Å². The fourth-order valence-electron chi connectivity index (χ4n) is 13.2. The number of imidazole rings is 1. The number of carbonyl (C=O) groups excluding carboxylic acids is 12. The third kappa shape index (κ3) is 56.7. The number of aromatic nitrogens is 2. The number of carboxylic acids is 6. The molecular weight excluding hydrogens is 1620 g/mol. The van der Waals surface area contributed by atoms with E-state index in [4.69, 9.17) is 39.3 Å². The van der Waals surface area contributed by atoms with Gasteiger partial charge < -0.3 is 102 Å².